The second kappa shape index (κ2) is 8.16. The molecule has 1 aliphatic carbocycles. The molecule has 0 bridgehead atoms. The summed E-state index contributed by atoms with van der Waals surface area (Å²) in [6.45, 7) is 2.97. The molecule has 2 aliphatic rings. The highest BCUT2D eigenvalue weighted by Crippen LogP contribution is 2.25. The van der Waals surface area contributed by atoms with E-state index in [0.717, 1.165) is 31.4 Å². The zero-order valence-electron chi connectivity index (χ0n) is 16.6. The van der Waals surface area contributed by atoms with Gasteiger partial charge in [0.25, 0.3) is 0 Å². The highest BCUT2D eigenvalue weighted by atomic mass is 32.2. The largest absolute Gasteiger partial charge is 0.374 e. The van der Waals surface area contributed by atoms with Crippen molar-refractivity contribution in [1.82, 2.24) is 4.31 Å². The third-order valence-corrected chi connectivity index (χ3v) is 7.61. The highest BCUT2D eigenvalue weighted by Gasteiger charge is 2.27. The Bertz CT molecular complexity index is 996. The second-order valence-electron chi connectivity index (χ2n) is 7.83. The Hall–Kier alpha value is -2.38. The lowest BCUT2D eigenvalue weighted by Crippen LogP contribution is -2.32. The van der Waals surface area contributed by atoms with Gasteiger partial charge in [-0.3, -0.25) is 4.79 Å². The molecule has 1 saturated heterocycles. The summed E-state index contributed by atoms with van der Waals surface area (Å²) in [5.41, 5.74) is 4.28. The molecule has 7 heteroatoms. The molecule has 0 spiro atoms. The van der Waals surface area contributed by atoms with Crippen molar-refractivity contribution in [3.8, 4) is 0 Å². The average Bonchev–Trinajstić information content (AvgIpc) is 3.40. The van der Waals surface area contributed by atoms with E-state index in [0.29, 0.717) is 18.8 Å². The molecule has 6 nitrogen and oxygen atoms in total. The summed E-state index contributed by atoms with van der Waals surface area (Å²) >= 11 is 0. The van der Waals surface area contributed by atoms with Gasteiger partial charge in [0.05, 0.1) is 4.90 Å². The number of nitrogens with zero attached hydrogens (tertiary/aromatic N) is 1. The summed E-state index contributed by atoms with van der Waals surface area (Å²) in [4.78, 5) is 12.8. The van der Waals surface area contributed by atoms with Gasteiger partial charge in [-0.15, -0.1) is 0 Å². The van der Waals surface area contributed by atoms with Gasteiger partial charge in [-0.25, -0.2) is 8.42 Å². The van der Waals surface area contributed by atoms with Crippen molar-refractivity contribution >= 4 is 27.3 Å². The fraction of sp³-hybridized carbons (Fsp3) is 0.409. The summed E-state index contributed by atoms with van der Waals surface area (Å²) < 4.78 is 26.7. The maximum atomic E-state index is 12.6. The molecule has 1 atom stereocenters. The Balaban J connectivity index is 1.37. The minimum absolute atomic E-state index is 0.166. The summed E-state index contributed by atoms with van der Waals surface area (Å²) in [5, 5.41) is 6.10. The van der Waals surface area contributed by atoms with Gasteiger partial charge >= 0.3 is 0 Å². The molecule has 1 amide bonds. The maximum Gasteiger partial charge on any atom is 0.246 e. The lowest BCUT2D eigenvalue weighted by Gasteiger charge is -2.17. The molecule has 1 aliphatic heterocycles. The van der Waals surface area contributed by atoms with Gasteiger partial charge in [0, 0.05) is 24.5 Å². The number of sulfonamides is 1. The minimum Gasteiger partial charge on any atom is -0.374 e. The molecule has 29 heavy (non-hydrogen) atoms. The Morgan fingerprint density at radius 3 is 2.31 bits per heavy atom. The molecule has 0 unspecified atom stereocenters. The number of fused-ring (bicyclic) bond motifs is 1. The van der Waals surface area contributed by atoms with E-state index in [1.54, 1.807) is 24.3 Å². The lowest BCUT2D eigenvalue weighted by molar-refractivity contribution is -0.116. The van der Waals surface area contributed by atoms with Gasteiger partial charge in [0.1, 0.15) is 6.04 Å². The van der Waals surface area contributed by atoms with Gasteiger partial charge in [-0.2, -0.15) is 4.31 Å². The first-order chi connectivity index (χ1) is 13.9. The van der Waals surface area contributed by atoms with Crippen molar-refractivity contribution < 1.29 is 13.2 Å². The molecule has 2 aromatic carbocycles. The monoisotopic (exact) mass is 413 g/mol. The van der Waals surface area contributed by atoms with E-state index in [4.69, 9.17) is 0 Å². The smallest absolute Gasteiger partial charge is 0.246 e. The quantitative estimate of drug-likeness (QED) is 0.761. The third kappa shape index (κ3) is 4.31. The third-order valence-electron chi connectivity index (χ3n) is 5.70. The van der Waals surface area contributed by atoms with Crippen LogP contribution in [0.4, 0.5) is 11.4 Å². The van der Waals surface area contributed by atoms with Crippen LogP contribution in [0.5, 0.6) is 0 Å². The number of hydrogen-bond acceptors (Lipinski definition) is 4. The van der Waals surface area contributed by atoms with Crippen LogP contribution in [0.1, 0.15) is 37.3 Å². The van der Waals surface area contributed by atoms with Gasteiger partial charge in [0.2, 0.25) is 15.9 Å². The van der Waals surface area contributed by atoms with E-state index in [2.05, 4.69) is 22.8 Å². The highest BCUT2D eigenvalue weighted by molar-refractivity contribution is 7.89. The van der Waals surface area contributed by atoms with Crippen LogP contribution in [0.15, 0.2) is 47.4 Å². The first-order valence-corrected chi connectivity index (χ1v) is 11.7. The summed E-state index contributed by atoms with van der Waals surface area (Å²) in [6, 6.07) is 12.3. The van der Waals surface area contributed by atoms with Crippen LogP contribution in [0, 0.1) is 0 Å². The van der Waals surface area contributed by atoms with Crippen molar-refractivity contribution in [3.63, 3.8) is 0 Å². The number of amides is 1. The minimum atomic E-state index is -3.44. The maximum absolute atomic E-state index is 12.6. The predicted octanol–water partition coefficient (Wildman–Crippen LogP) is 3.40. The van der Waals surface area contributed by atoms with E-state index in [1.807, 2.05) is 13.0 Å². The standard InChI is InChI=1S/C22H27N3O3S/c1-16(23-20-8-7-17-5-4-6-18(17)15-20)22(26)24-19-9-11-21(12-10-19)29(27,28)25-13-2-3-14-25/h7-12,15-16,23H,2-6,13-14H2,1H3,(H,24,26)/t16-/m0/s1. The molecule has 0 aromatic heterocycles. The molecule has 4 rings (SSSR count). The first-order valence-electron chi connectivity index (χ1n) is 10.2. The van der Waals surface area contributed by atoms with E-state index >= 15 is 0 Å². The Morgan fingerprint density at radius 2 is 1.59 bits per heavy atom. The summed E-state index contributed by atoms with van der Waals surface area (Å²) in [7, 11) is -3.44. The SMILES string of the molecule is C[C@H](Nc1ccc2c(c1)CCC2)C(=O)Nc1ccc(S(=O)(=O)N2CCCC2)cc1. The molecule has 0 saturated carbocycles. The number of rotatable bonds is 6. The van der Waals surface area contributed by atoms with Crippen LogP contribution < -0.4 is 10.6 Å². The van der Waals surface area contributed by atoms with E-state index in [9.17, 15) is 13.2 Å². The average molecular weight is 414 g/mol. The first kappa shape index (κ1) is 19.9. The molecule has 2 N–H and O–H groups in total. The van der Waals surface area contributed by atoms with Gasteiger partial charge in [-0.05, 0) is 86.6 Å². The summed E-state index contributed by atoms with van der Waals surface area (Å²) in [5.74, 6) is -0.166. The molecule has 1 fully saturated rings. The normalized spacial score (nSPS) is 17.7. The van der Waals surface area contributed by atoms with Crippen molar-refractivity contribution in [2.24, 2.45) is 0 Å². The Morgan fingerprint density at radius 1 is 0.931 bits per heavy atom. The second-order valence-corrected chi connectivity index (χ2v) is 9.77. The van der Waals surface area contributed by atoms with Crippen LogP contribution in [0.2, 0.25) is 0 Å². The van der Waals surface area contributed by atoms with Gasteiger partial charge < -0.3 is 10.6 Å². The number of nitrogens with one attached hydrogen (secondary N) is 2. The molecular formula is C22H27N3O3S. The molecular weight excluding hydrogens is 386 g/mol. The number of carbonyl (C=O) groups is 1. The molecule has 0 radical (unpaired) electrons. The van der Waals surface area contributed by atoms with Crippen molar-refractivity contribution in [1.29, 1.82) is 0 Å². The van der Waals surface area contributed by atoms with Crippen molar-refractivity contribution in [2.45, 2.75) is 50.0 Å². The zero-order chi connectivity index (χ0) is 20.4. The summed E-state index contributed by atoms with van der Waals surface area (Å²) in [6.07, 6.45) is 5.23. The van der Waals surface area contributed by atoms with Gasteiger partial charge in [-0.1, -0.05) is 6.07 Å². The number of anilines is 2. The van der Waals surface area contributed by atoms with E-state index in [-0.39, 0.29) is 10.8 Å². The number of hydrogen-bond donors (Lipinski definition) is 2. The lowest BCUT2D eigenvalue weighted by atomic mass is 10.1. The molecule has 2 aromatic rings. The van der Waals surface area contributed by atoms with Gasteiger partial charge in [0.15, 0.2) is 0 Å². The van der Waals surface area contributed by atoms with Crippen LogP contribution in [0.25, 0.3) is 0 Å². The number of aryl methyl sites for hydroxylation is 2. The predicted molar refractivity (Wildman–Crippen MR) is 115 cm³/mol. The Kier molecular flexibility index (Phi) is 5.61. The fourth-order valence-corrected chi connectivity index (χ4v) is 5.53. The number of carbonyl (C=O) groups excluding carboxylic acids is 1. The van der Waals surface area contributed by atoms with Crippen LogP contribution >= 0.6 is 0 Å². The topological polar surface area (TPSA) is 78.5 Å². The molecule has 154 valence electrons. The van der Waals surface area contributed by atoms with Crippen molar-refractivity contribution in [3.05, 3.63) is 53.6 Å². The Labute approximate surface area is 172 Å². The van der Waals surface area contributed by atoms with E-state index < -0.39 is 16.1 Å². The van der Waals surface area contributed by atoms with Crippen LogP contribution in [-0.2, 0) is 27.7 Å². The van der Waals surface area contributed by atoms with Crippen molar-refractivity contribution in [2.75, 3.05) is 23.7 Å². The number of benzene rings is 2. The molecule has 1 heterocycles. The van der Waals surface area contributed by atoms with Crippen LogP contribution in [0.3, 0.4) is 0 Å². The zero-order valence-corrected chi connectivity index (χ0v) is 17.5. The fourth-order valence-electron chi connectivity index (χ4n) is 4.02. The van der Waals surface area contributed by atoms with Crippen LogP contribution in [-0.4, -0.2) is 37.8 Å². The van der Waals surface area contributed by atoms with E-state index in [1.165, 1.54) is 21.9 Å².